The summed E-state index contributed by atoms with van der Waals surface area (Å²) in [5.41, 5.74) is 4.71. The number of hydrogen-bond acceptors (Lipinski definition) is 3. The Bertz CT molecular complexity index is 903. The fourth-order valence-electron chi connectivity index (χ4n) is 3.16. The molecule has 0 bridgehead atoms. The minimum Gasteiger partial charge on any atom is -0.399 e. The minimum atomic E-state index is -0.331. The van der Waals surface area contributed by atoms with E-state index in [9.17, 15) is 0 Å². The Hall–Kier alpha value is -2.43. The summed E-state index contributed by atoms with van der Waals surface area (Å²) in [4.78, 5) is 4.61. The minimum absolute atomic E-state index is 0.326. The van der Waals surface area contributed by atoms with Crippen LogP contribution in [0.4, 0.5) is 0 Å². The van der Waals surface area contributed by atoms with Crippen LogP contribution in [-0.2, 0) is 9.31 Å². The molecule has 0 atom stereocenters. The lowest BCUT2D eigenvalue weighted by Gasteiger charge is -2.32. The highest BCUT2D eigenvalue weighted by atomic mass is 16.7. The molecule has 0 unspecified atom stereocenters. The van der Waals surface area contributed by atoms with Crippen molar-refractivity contribution >= 4 is 12.6 Å². The topological polar surface area (TPSA) is 31.4 Å². The molecule has 3 nitrogen and oxygen atoms in total. The molecule has 1 aliphatic rings. The van der Waals surface area contributed by atoms with Crippen LogP contribution in [0.3, 0.4) is 0 Å². The van der Waals surface area contributed by atoms with Crippen LogP contribution in [0.15, 0.2) is 72.9 Å². The summed E-state index contributed by atoms with van der Waals surface area (Å²) in [7, 11) is -0.331. The molecule has 0 aliphatic carbocycles. The standard InChI is InChI=1S/C23H24BNO2/c1-22(2)23(3,4)27-24(26-22)20-13-10-17(11-14-20)19-12-15-21(25-16-19)18-8-6-5-7-9-18/h5-16H,1-4H3. The molecule has 1 aromatic heterocycles. The highest BCUT2D eigenvalue weighted by molar-refractivity contribution is 6.62. The summed E-state index contributed by atoms with van der Waals surface area (Å²) in [6.07, 6.45) is 1.92. The van der Waals surface area contributed by atoms with E-state index in [1.54, 1.807) is 0 Å². The zero-order valence-corrected chi connectivity index (χ0v) is 16.3. The second-order valence-electron chi connectivity index (χ2n) is 8.01. The Balaban J connectivity index is 1.53. The van der Waals surface area contributed by atoms with Crippen molar-refractivity contribution in [2.24, 2.45) is 0 Å². The largest absolute Gasteiger partial charge is 0.494 e. The molecule has 2 aromatic carbocycles. The molecule has 4 heteroatoms. The lowest BCUT2D eigenvalue weighted by Crippen LogP contribution is -2.41. The molecule has 1 fully saturated rings. The van der Waals surface area contributed by atoms with Crippen LogP contribution >= 0.6 is 0 Å². The van der Waals surface area contributed by atoms with Crippen LogP contribution in [0.1, 0.15) is 27.7 Å². The zero-order valence-electron chi connectivity index (χ0n) is 16.3. The third-order valence-electron chi connectivity index (χ3n) is 5.60. The molecule has 1 saturated heterocycles. The molecule has 0 N–H and O–H groups in total. The average Bonchev–Trinajstić information content (AvgIpc) is 2.90. The van der Waals surface area contributed by atoms with E-state index >= 15 is 0 Å². The van der Waals surface area contributed by atoms with E-state index in [1.807, 2.05) is 24.4 Å². The first-order valence-corrected chi connectivity index (χ1v) is 9.33. The van der Waals surface area contributed by atoms with Crippen molar-refractivity contribution in [1.82, 2.24) is 4.98 Å². The van der Waals surface area contributed by atoms with Gasteiger partial charge in [0.25, 0.3) is 0 Å². The molecule has 0 amide bonds. The maximum Gasteiger partial charge on any atom is 0.494 e. The SMILES string of the molecule is CC1(C)OB(c2ccc(-c3ccc(-c4ccccc4)nc3)cc2)OC1(C)C. The lowest BCUT2D eigenvalue weighted by molar-refractivity contribution is 0.00578. The summed E-state index contributed by atoms with van der Waals surface area (Å²) in [5, 5.41) is 0. The monoisotopic (exact) mass is 357 g/mol. The molecule has 0 spiro atoms. The van der Waals surface area contributed by atoms with E-state index in [2.05, 4.69) is 81.2 Å². The fourth-order valence-corrected chi connectivity index (χ4v) is 3.16. The normalized spacial score (nSPS) is 17.9. The molecule has 27 heavy (non-hydrogen) atoms. The van der Waals surface area contributed by atoms with E-state index in [-0.39, 0.29) is 18.3 Å². The van der Waals surface area contributed by atoms with Gasteiger partial charge >= 0.3 is 7.12 Å². The highest BCUT2D eigenvalue weighted by Gasteiger charge is 2.51. The third kappa shape index (κ3) is 3.43. The summed E-state index contributed by atoms with van der Waals surface area (Å²) >= 11 is 0. The number of rotatable bonds is 3. The third-order valence-corrected chi connectivity index (χ3v) is 5.60. The maximum atomic E-state index is 6.13. The van der Waals surface area contributed by atoms with E-state index in [4.69, 9.17) is 9.31 Å². The summed E-state index contributed by atoms with van der Waals surface area (Å²) in [6.45, 7) is 8.28. The maximum absolute atomic E-state index is 6.13. The number of benzene rings is 2. The van der Waals surface area contributed by atoms with Gasteiger partial charge in [-0.05, 0) is 44.8 Å². The van der Waals surface area contributed by atoms with Crippen LogP contribution in [0, 0.1) is 0 Å². The van der Waals surface area contributed by atoms with E-state index in [0.717, 1.165) is 27.8 Å². The van der Waals surface area contributed by atoms with Gasteiger partial charge in [0.2, 0.25) is 0 Å². The van der Waals surface area contributed by atoms with Gasteiger partial charge in [-0.25, -0.2) is 0 Å². The van der Waals surface area contributed by atoms with Crippen LogP contribution in [0.5, 0.6) is 0 Å². The summed E-state index contributed by atoms with van der Waals surface area (Å²) in [6, 6.07) is 22.7. The van der Waals surface area contributed by atoms with Gasteiger partial charge < -0.3 is 9.31 Å². The number of hydrogen-bond donors (Lipinski definition) is 0. The predicted octanol–water partition coefficient (Wildman–Crippen LogP) is 4.71. The van der Waals surface area contributed by atoms with Gasteiger partial charge in [-0.1, -0.05) is 60.7 Å². The van der Waals surface area contributed by atoms with Gasteiger partial charge in [0.15, 0.2) is 0 Å². The molecule has 136 valence electrons. The van der Waals surface area contributed by atoms with E-state index in [0.29, 0.717) is 0 Å². The molecular weight excluding hydrogens is 333 g/mol. The number of aromatic nitrogens is 1. The molecule has 4 rings (SSSR count). The number of pyridine rings is 1. The molecule has 1 aliphatic heterocycles. The van der Waals surface area contributed by atoms with Crippen LogP contribution in [0.2, 0.25) is 0 Å². The number of nitrogens with zero attached hydrogens (tertiary/aromatic N) is 1. The first-order valence-electron chi connectivity index (χ1n) is 9.33. The highest BCUT2D eigenvalue weighted by Crippen LogP contribution is 2.36. The van der Waals surface area contributed by atoms with Crippen molar-refractivity contribution in [3.8, 4) is 22.4 Å². The zero-order chi connectivity index (χ0) is 19.1. The Kier molecular flexibility index (Phi) is 4.41. The Morgan fingerprint density at radius 1 is 0.667 bits per heavy atom. The Morgan fingerprint density at radius 2 is 1.26 bits per heavy atom. The Morgan fingerprint density at radius 3 is 1.81 bits per heavy atom. The lowest BCUT2D eigenvalue weighted by atomic mass is 9.78. The van der Waals surface area contributed by atoms with Crippen molar-refractivity contribution in [2.75, 3.05) is 0 Å². The molecule has 3 aromatic rings. The first-order chi connectivity index (χ1) is 12.9. The van der Waals surface area contributed by atoms with Gasteiger partial charge in [0.1, 0.15) is 0 Å². The quantitative estimate of drug-likeness (QED) is 0.636. The fraction of sp³-hybridized carbons (Fsp3) is 0.261. The second kappa shape index (κ2) is 6.63. The second-order valence-corrected chi connectivity index (χ2v) is 8.01. The predicted molar refractivity (Wildman–Crippen MR) is 111 cm³/mol. The van der Waals surface area contributed by atoms with E-state index in [1.165, 1.54) is 0 Å². The van der Waals surface area contributed by atoms with Crippen LogP contribution < -0.4 is 5.46 Å². The molecule has 0 saturated carbocycles. The van der Waals surface area contributed by atoms with Crippen molar-refractivity contribution in [3.63, 3.8) is 0 Å². The van der Waals surface area contributed by atoms with Gasteiger partial charge in [-0.15, -0.1) is 0 Å². The first kappa shape index (κ1) is 18.0. The van der Waals surface area contributed by atoms with E-state index < -0.39 is 0 Å². The molecular formula is C23H24BNO2. The van der Waals surface area contributed by atoms with Crippen LogP contribution in [-0.4, -0.2) is 23.3 Å². The van der Waals surface area contributed by atoms with Gasteiger partial charge in [0.05, 0.1) is 16.9 Å². The smallest absolute Gasteiger partial charge is 0.399 e. The summed E-state index contributed by atoms with van der Waals surface area (Å²) < 4.78 is 12.3. The van der Waals surface area contributed by atoms with Gasteiger partial charge in [-0.3, -0.25) is 4.98 Å². The summed E-state index contributed by atoms with van der Waals surface area (Å²) in [5.74, 6) is 0. The van der Waals surface area contributed by atoms with Crippen molar-refractivity contribution in [1.29, 1.82) is 0 Å². The average molecular weight is 357 g/mol. The Labute approximate surface area is 161 Å². The molecule has 2 heterocycles. The van der Waals surface area contributed by atoms with Gasteiger partial charge in [0, 0.05) is 17.3 Å². The molecule has 0 radical (unpaired) electrons. The van der Waals surface area contributed by atoms with Crippen molar-refractivity contribution < 1.29 is 9.31 Å². The van der Waals surface area contributed by atoms with Crippen LogP contribution in [0.25, 0.3) is 22.4 Å². The van der Waals surface area contributed by atoms with Crippen molar-refractivity contribution in [2.45, 2.75) is 38.9 Å². The van der Waals surface area contributed by atoms with Crippen molar-refractivity contribution in [3.05, 3.63) is 72.9 Å². The van der Waals surface area contributed by atoms with Gasteiger partial charge in [-0.2, -0.15) is 0 Å².